The lowest BCUT2D eigenvalue weighted by Gasteiger charge is -2.26. The van der Waals surface area contributed by atoms with Gasteiger partial charge in [-0.25, -0.2) is 0 Å². The van der Waals surface area contributed by atoms with Gasteiger partial charge in [-0.05, 0) is 30.5 Å². The maximum absolute atomic E-state index is 13.2. The molecule has 0 bridgehead atoms. The fourth-order valence-corrected chi connectivity index (χ4v) is 3.38. The van der Waals surface area contributed by atoms with Gasteiger partial charge in [-0.3, -0.25) is 44.8 Å². The molecule has 0 aliphatic heterocycles. The van der Waals surface area contributed by atoms with E-state index in [9.17, 15) is 39.0 Å². The first kappa shape index (κ1) is 33.5. The molecule has 0 unspecified atom stereocenters. The maximum atomic E-state index is 13.2. The van der Waals surface area contributed by atoms with E-state index in [1.54, 1.807) is 26.0 Å². The minimum atomic E-state index is -1.50. The number of rotatable bonds is 12. The Hall–Kier alpha value is -4.53. The summed E-state index contributed by atoms with van der Waals surface area (Å²) in [5.74, 6) is -5.24. The Kier molecular flexibility index (Phi) is 13.2. The fourth-order valence-electron chi connectivity index (χ4n) is 3.38. The van der Waals surface area contributed by atoms with Gasteiger partial charge in [-0.2, -0.15) is 0 Å². The van der Waals surface area contributed by atoms with E-state index in [2.05, 4.69) is 21.3 Å². The Bertz CT molecular complexity index is 1110. The molecule has 0 fully saturated rings. The zero-order valence-electron chi connectivity index (χ0n) is 23.0. The molecule has 0 saturated heterocycles. The van der Waals surface area contributed by atoms with Crippen molar-refractivity contribution >= 4 is 41.4 Å². The molecule has 1 rings (SSSR count). The maximum Gasteiger partial charge on any atom is 0.251 e. The molecule has 15 nitrogen and oxygen atoms in total. The summed E-state index contributed by atoms with van der Waals surface area (Å²) in [6.45, 7) is 6.28. The van der Waals surface area contributed by atoms with E-state index in [0.29, 0.717) is 5.56 Å². The van der Waals surface area contributed by atoms with E-state index in [-0.39, 0.29) is 18.1 Å². The highest BCUT2D eigenvalue weighted by molar-refractivity contribution is 6.05. The van der Waals surface area contributed by atoms with Gasteiger partial charge >= 0.3 is 0 Å². The molecular weight excluding hydrogens is 526 g/mol. The van der Waals surface area contributed by atoms with Gasteiger partial charge in [-0.1, -0.05) is 26.0 Å². The number of benzene rings is 1. The average Bonchev–Trinajstić information content (AvgIpc) is 2.85. The van der Waals surface area contributed by atoms with Crippen LogP contribution in [0.15, 0.2) is 24.3 Å². The summed E-state index contributed by atoms with van der Waals surface area (Å²) in [4.78, 5) is 73.6. The van der Waals surface area contributed by atoms with Crippen molar-refractivity contribution in [1.82, 2.24) is 31.9 Å². The van der Waals surface area contributed by atoms with Crippen molar-refractivity contribution in [1.29, 1.82) is 5.41 Å². The molecule has 6 amide bonds. The summed E-state index contributed by atoms with van der Waals surface area (Å²) in [6, 6.07) is 1.04. The Morgan fingerprint density at radius 2 is 1.32 bits per heavy atom. The van der Waals surface area contributed by atoms with Gasteiger partial charge in [0.2, 0.25) is 35.5 Å². The molecule has 0 radical (unpaired) electrons. The fraction of sp³-hybridized carbons (Fsp3) is 0.480. The van der Waals surface area contributed by atoms with Crippen LogP contribution >= 0.6 is 0 Å². The molecule has 1 aromatic rings. The molecule has 0 saturated carbocycles. The number of aliphatic hydroxyl groups is 1. The lowest BCUT2D eigenvalue weighted by Crippen LogP contribution is -2.59. The molecule has 0 aromatic heterocycles. The van der Waals surface area contributed by atoms with Gasteiger partial charge in [0.25, 0.3) is 5.91 Å². The summed E-state index contributed by atoms with van der Waals surface area (Å²) >= 11 is 0. The van der Waals surface area contributed by atoms with Crippen LogP contribution in [0.25, 0.3) is 0 Å². The third-order valence-corrected chi connectivity index (χ3v) is 5.43. The quantitative estimate of drug-likeness (QED) is 0.0991. The molecule has 0 aliphatic rings. The van der Waals surface area contributed by atoms with Gasteiger partial charge in [0.05, 0.1) is 6.61 Å². The molecule has 0 aliphatic carbocycles. The number of phenols is 1. The van der Waals surface area contributed by atoms with Gasteiger partial charge < -0.3 is 31.5 Å². The largest absolute Gasteiger partial charge is 0.508 e. The van der Waals surface area contributed by atoms with E-state index >= 15 is 0 Å². The SMILES string of the molecule is CC(=O)NC(=N)NC(=O)[C@H](CO)NC(=O)[C@H](C)NC(=O)[C@H](Cc1ccc(O)cc1)NC(=O)[C@@H](NC(C)=O)C(C)C. The predicted molar refractivity (Wildman–Crippen MR) is 142 cm³/mol. The number of nitrogens with one attached hydrogen (secondary N) is 7. The van der Waals surface area contributed by atoms with Crippen LogP contribution in [0.1, 0.15) is 40.2 Å². The second kappa shape index (κ2) is 15.8. The first-order valence-corrected chi connectivity index (χ1v) is 12.4. The standard InChI is InChI=1S/C25H37N7O8/c1-12(2)20(28-14(4)34)24(40)30-18(10-16-6-8-17(36)9-7-16)22(38)27-13(3)21(37)31-19(11-33)23(39)32-25(26)29-15(5)35/h6-9,12-13,18-20,33,36H,10-11H2,1-5H3,(H,27,38)(H,28,34)(H,30,40)(H,31,37)(H3,26,29,32,35,39)/t13-,18-,19-,20-/m0/s1. The van der Waals surface area contributed by atoms with Crippen LogP contribution in [0.3, 0.4) is 0 Å². The summed E-state index contributed by atoms with van der Waals surface area (Å²) < 4.78 is 0. The van der Waals surface area contributed by atoms with Gasteiger partial charge in [-0.15, -0.1) is 0 Å². The van der Waals surface area contributed by atoms with E-state index in [1.165, 1.54) is 26.0 Å². The number of carbonyl (C=O) groups is 6. The number of hydrogen-bond acceptors (Lipinski definition) is 9. The summed E-state index contributed by atoms with van der Waals surface area (Å²) in [5.41, 5.74) is 0.578. The van der Waals surface area contributed by atoms with Crippen molar-refractivity contribution in [3.63, 3.8) is 0 Å². The number of carbonyl (C=O) groups excluding carboxylic acids is 6. The van der Waals surface area contributed by atoms with E-state index < -0.39 is 72.2 Å². The smallest absolute Gasteiger partial charge is 0.251 e. The Morgan fingerprint density at radius 1 is 0.750 bits per heavy atom. The minimum absolute atomic E-state index is 0.000651. The van der Waals surface area contributed by atoms with Crippen molar-refractivity contribution in [2.24, 2.45) is 5.92 Å². The highest BCUT2D eigenvalue weighted by atomic mass is 16.3. The normalized spacial score (nSPS) is 13.6. The highest BCUT2D eigenvalue weighted by Crippen LogP contribution is 2.12. The summed E-state index contributed by atoms with van der Waals surface area (Å²) in [7, 11) is 0. The van der Waals surface area contributed by atoms with E-state index in [4.69, 9.17) is 5.41 Å². The lowest BCUT2D eigenvalue weighted by molar-refractivity contribution is -0.134. The molecular formula is C25H37N7O8. The van der Waals surface area contributed by atoms with Crippen LogP contribution in [0, 0.1) is 11.3 Å². The van der Waals surface area contributed by atoms with Crippen molar-refractivity contribution in [2.75, 3.05) is 6.61 Å². The highest BCUT2D eigenvalue weighted by Gasteiger charge is 2.31. The zero-order chi connectivity index (χ0) is 30.6. The number of guanidine groups is 1. The van der Waals surface area contributed by atoms with Crippen molar-refractivity contribution in [3.8, 4) is 5.75 Å². The van der Waals surface area contributed by atoms with Crippen LogP contribution in [0.5, 0.6) is 5.75 Å². The Labute approximate surface area is 231 Å². The first-order chi connectivity index (χ1) is 18.6. The monoisotopic (exact) mass is 563 g/mol. The predicted octanol–water partition coefficient (Wildman–Crippen LogP) is -2.25. The second-order valence-corrected chi connectivity index (χ2v) is 9.37. The topological polar surface area (TPSA) is 239 Å². The van der Waals surface area contributed by atoms with E-state index in [1.807, 2.05) is 10.6 Å². The number of amides is 6. The van der Waals surface area contributed by atoms with Crippen molar-refractivity contribution < 1.29 is 39.0 Å². The molecule has 4 atom stereocenters. The van der Waals surface area contributed by atoms with E-state index in [0.717, 1.165) is 6.92 Å². The third kappa shape index (κ3) is 11.5. The van der Waals surface area contributed by atoms with Crippen LogP contribution < -0.4 is 31.9 Å². The van der Waals surface area contributed by atoms with Gasteiger partial charge in [0, 0.05) is 20.3 Å². The zero-order valence-corrected chi connectivity index (χ0v) is 23.0. The number of hydrogen-bond donors (Lipinski definition) is 9. The molecule has 0 spiro atoms. The van der Waals surface area contributed by atoms with Crippen LogP contribution in [0.2, 0.25) is 0 Å². The molecule has 220 valence electrons. The summed E-state index contributed by atoms with van der Waals surface area (Å²) in [6.07, 6.45) is -0.0238. The third-order valence-electron chi connectivity index (χ3n) is 5.43. The lowest BCUT2D eigenvalue weighted by atomic mass is 10.0. The average molecular weight is 564 g/mol. The van der Waals surface area contributed by atoms with Crippen molar-refractivity contribution in [2.45, 2.75) is 65.2 Å². The second-order valence-electron chi connectivity index (χ2n) is 9.37. The van der Waals surface area contributed by atoms with Gasteiger partial charge in [0.15, 0.2) is 0 Å². The first-order valence-electron chi connectivity index (χ1n) is 12.4. The molecule has 9 N–H and O–H groups in total. The summed E-state index contributed by atoms with van der Waals surface area (Å²) in [5, 5.41) is 40.4. The molecule has 1 aromatic carbocycles. The van der Waals surface area contributed by atoms with Crippen LogP contribution in [-0.4, -0.2) is 82.4 Å². The number of phenolic OH excluding ortho intramolecular Hbond substituents is 1. The van der Waals surface area contributed by atoms with Crippen LogP contribution in [-0.2, 0) is 35.2 Å². The number of aliphatic hydroxyl groups excluding tert-OH is 1. The van der Waals surface area contributed by atoms with Gasteiger partial charge in [0.1, 0.15) is 29.9 Å². The molecule has 15 heteroatoms. The van der Waals surface area contributed by atoms with Crippen LogP contribution in [0.4, 0.5) is 0 Å². The molecule has 0 heterocycles. The molecule has 40 heavy (non-hydrogen) atoms. The minimum Gasteiger partial charge on any atom is -0.508 e. The Balaban J connectivity index is 3.00. The Morgan fingerprint density at radius 3 is 1.82 bits per heavy atom. The number of aromatic hydroxyl groups is 1. The van der Waals surface area contributed by atoms with Crippen molar-refractivity contribution in [3.05, 3.63) is 29.8 Å².